The van der Waals surface area contributed by atoms with Crippen molar-refractivity contribution in [2.45, 2.75) is 6.92 Å². The lowest BCUT2D eigenvalue weighted by atomic mass is 10.6. The zero-order chi connectivity index (χ0) is 8.43. The van der Waals surface area contributed by atoms with Gasteiger partial charge in [-0.1, -0.05) is 24.4 Å². The van der Waals surface area contributed by atoms with Gasteiger partial charge in [0, 0.05) is 6.92 Å². The summed E-state index contributed by atoms with van der Waals surface area (Å²) in [5, 5.41) is 1.15. The van der Waals surface area contributed by atoms with Crippen molar-refractivity contribution >= 4 is 40.4 Å². The minimum atomic E-state index is -0.432. The second kappa shape index (κ2) is 3.06. The Morgan fingerprint density at radius 2 is 1.91 bits per heavy atom. The number of rotatable bonds is 1. The number of hydrogen-bond acceptors (Lipinski definition) is 4. The van der Waals surface area contributed by atoms with E-state index in [0.717, 1.165) is 5.06 Å². The molecule has 1 heterocycles. The van der Waals surface area contributed by atoms with E-state index >= 15 is 0 Å². The largest absolute Gasteiger partial charge is 0.335 e. The fourth-order valence-electron chi connectivity index (χ4n) is 0.605. The molecule has 5 heteroatoms. The highest BCUT2D eigenvalue weighted by molar-refractivity contribution is 7.82. The molecule has 1 rings (SSSR count). The third kappa shape index (κ3) is 1.81. The van der Waals surface area contributed by atoms with E-state index in [2.05, 4.69) is 4.84 Å². The molecule has 0 radical (unpaired) electrons. The summed E-state index contributed by atoms with van der Waals surface area (Å²) in [6.45, 7) is 1.30. The molecule has 0 bridgehead atoms. The van der Waals surface area contributed by atoms with E-state index in [4.69, 9.17) is 24.4 Å². The summed E-state index contributed by atoms with van der Waals surface area (Å²) in [6, 6.07) is 0. The van der Waals surface area contributed by atoms with Crippen LogP contribution in [0.25, 0.3) is 0 Å². The van der Waals surface area contributed by atoms with Crippen LogP contribution >= 0.6 is 24.4 Å². The van der Waals surface area contributed by atoms with Gasteiger partial charge in [-0.15, -0.1) is 0 Å². The molecule has 0 aromatic carbocycles. The monoisotopic (exact) mass is 187 g/mol. The van der Waals surface area contributed by atoms with E-state index in [1.54, 1.807) is 12.2 Å². The van der Waals surface area contributed by atoms with Crippen molar-refractivity contribution in [3.05, 3.63) is 12.2 Å². The van der Waals surface area contributed by atoms with Crippen LogP contribution in [-0.2, 0) is 9.63 Å². The summed E-state index contributed by atoms with van der Waals surface area (Å²) in [4.78, 5) is 16.0. The van der Waals surface area contributed by atoms with Crippen molar-refractivity contribution in [1.82, 2.24) is 5.06 Å². The molecule has 0 saturated heterocycles. The molecular formula is C6H5NO2S2. The van der Waals surface area contributed by atoms with Gasteiger partial charge in [-0.25, -0.2) is 4.79 Å². The van der Waals surface area contributed by atoms with Gasteiger partial charge in [-0.3, -0.25) is 0 Å². The second-order valence-corrected chi connectivity index (χ2v) is 2.72. The predicted octanol–water partition coefficient (Wildman–Crippen LogP) is 0.991. The van der Waals surface area contributed by atoms with Crippen LogP contribution in [0, 0.1) is 0 Å². The zero-order valence-electron chi connectivity index (χ0n) is 5.73. The molecule has 0 spiro atoms. The highest BCUT2D eigenvalue weighted by Crippen LogP contribution is 2.07. The second-order valence-electron chi connectivity index (χ2n) is 1.89. The molecule has 1 aliphatic heterocycles. The number of hydroxylamine groups is 2. The Hall–Kier alpha value is -0.810. The van der Waals surface area contributed by atoms with Gasteiger partial charge < -0.3 is 4.84 Å². The highest BCUT2D eigenvalue weighted by Gasteiger charge is 2.19. The molecule has 0 aromatic heterocycles. The Morgan fingerprint density at radius 1 is 1.45 bits per heavy atom. The minimum Gasteiger partial charge on any atom is -0.335 e. The summed E-state index contributed by atoms with van der Waals surface area (Å²) in [5.41, 5.74) is 0. The summed E-state index contributed by atoms with van der Waals surface area (Å²) in [6.07, 6.45) is 3.22. The molecule has 3 nitrogen and oxygen atoms in total. The Labute approximate surface area is 74.6 Å². The van der Waals surface area contributed by atoms with Gasteiger partial charge in [0.15, 0.2) is 0 Å². The fraction of sp³-hybridized carbons (Fsp3) is 0.167. The minimum absolute atomic E-state index is 0.408. The molecular weight excluding hydrogens is 182 g/mol. The Balaban J connectivity index is 2.66. The zero-order valence-corrected chi connectivity index (χ0v) is 7.37. The van der Waals surface area contributed by atoms with Crippen molar-refractivity contribution in [3.8, 4) is 0 Å². The van der Waals surface area contributed by atoms with Crippen LogP contribution in [0.15, 0.2) is 12.2 Å². The number of thiocarbonyl (C=S) groups is 2. The van der Waals surface area contributed by atoms with Gasteiger partial charge in [-0.2, -0.15) is 5.06 Å². The first kappa shape index (κ1) is 8.29. The molecule has 0 saturated carbocycles. The van der Waals surface area contributed by atoms with Crippen LogP contribution in [0.1, 0.15) is 6.92 Å². The Kier molecular flexibility index (Phi) is 2.31. The Bertz CT molecular complexity index is 241. The first-order chi connectivity index (χ1) is 5.11. The van der Waals surface area contributed by atoms with E-state index in [1.807, 2.05) is 0 Å². The van der Waals surface area contributed by atoms with Crippen LogP contribution in [0.4, 0.5) is 0 Å². The lowest BCUT2D eigenvalue weighted by Gasteiger charge is -2.14. The van der Waals surface area contributed by atoms with Gasteiger partial charge in [0.1, 0.15) is 9.98 Å². The predicted molar refractivity (Wildman–Crippen MR) is 47.9 cm³/mol. The van der Waals surface area contributed by atoms with E-state index < -0.39 is 5.97 Å². The fourth-order valence-corrected chi connectivity index (χ4v) is 1.07. The number of carbonyl (C=O) groups excluding carboxylic acids is 1. The van der Waals surface area contributed by atoms with Crippen LogP contribution < -0.4 is 0 Å². The van der Waals surface area contributed by atoms with E-state index in [-0.39, 0.29) is 0 Å². The molecule has 0 N–H and O–H groups in total. The van der Waals surface area contributed by atoms with E-state index in [9.17, 15) is 4.79 Å². The lowest BCUT2D eigenvalue weighted by Crippen LogP contribution is -2.29. The molecule has 0 aromatic rings. The smallest absolute Gasteiger partial charge is 0.329 e. The lowest BCUT2D eigenvalue weighted by molar-refractivity contribution is -0.158. The summed E-state index contributed by atoms with van der Waals surface area (Å²) in [5.74, 6) is -0.432. The molecule has 0 fully saturated rings. The molecule has 1 aliphatic rings. The van der Waals surface area contributed by atoms with E-state index in [0.29, 0.717) is 9.98 Å². The van der Waals surface area contributed by atoms with Gasteiger partial charge in [0.05, 0.1) is 0 Å². The van der Waals surface area contributed by atoms with E-state index in [1.165, 1.54) is 6.92 Å². The quantitative estimate of drug-likeness (QED) is 0.571. The third-order valence-electron chi connectivity index (χ3n) is 0.989. The van der Waals surface area contributed by atoms with Crippen LogP contribution in [0.2, 0.25) is 0 Å². The first-order valence-electron chi connectivity index (χ1n) is 2.86. The molecule has 11 heavy (non-hydrogen) atoms. The van der Waals surface area contributed by atoms with Crippen LogP contribution in [0.3, 0.4) is 0 Å². The van der Waals surface area contributed by atoms with Crippen LogP contribution in [-0.4, -0.2) is 21.0 Å². The maximum Gasteiger partial charge on any atom is 0.329 e. The molecule has 0 unspecified atom stereocenters. The number of hydrogen-bond donors (Lipinski definition) is 0. The summed E-state index contributed by atoms with van der Waals surface area (Å²) >= 11 is 9.62. The van der Waals surface area contributed by atoms with Crippen molar-refractivity contribution in [3.63, 3.8) is 0 Å². The molecule has 0 atom stereocenters. The van der Waals surface area contributed by atoms with Crippen molar-refractivity contribution in [2.24, 2.45) is 0 Å². The van der Waals surface area contributed by atoms with Gasteiger partial charge >= 0.3 is 5.97 Å². The average molecular weight is 187 g/mol. The standard InChI is InChI=1S/C6H5NO2S2/c1-4(8)9-7-5(10)2-3-6(7)11/h2-3H,1H3. The summed E-state index contributed by atoms with van der Waals surface area (Å²) < 4.78 is 0. The Morgan fingerprint density at radius 3 is 2.27 bits per heavy atom. The summed E-state index contributed by atoms with van der Waals surface area (Å²) in [7, 11) is 0. The molecule has 58 valence electrons. The van der Waals surface area contributed by atoms with Crippen molar-refractivity contribution < 1.29 is 9.63 Å². The maximum atomic E-state index is 10.5. The average Bonchev–Trinajstić information content (AvgIpc) is 2.18. The molecule has 0 aliphatic carbocycles. The SMILES string of the molecule is CC(=O)ON1C(=S)C=CC1=S. The highest BCUT2D eigenvalue weighted by atomic mass is 32.1. The van der Waals surface area contributed by atoms with Gasteiger partial charge in [-0.05, 0) is 12.2 Å². The van der Waals surface area contributed by atoms with Gasteiger partial charge in [0.2, 0.25) is 0 Å². The number of carbonyl (C=O) groups is 1. The number of nitrogens with zero attached hydrogens (tertiary/aromatic N) is 1. The first-order valence-corrected chi connectivity index (χ1v) is 3.67. The normalized spacial score (nSPS) is 15.9. The van der Waals surface area contributed by atoms with Crippen molar-refractivity contribution in [1.29, 1.82) is 0 Å². The molecule has 0 amide bonds. The maximum absolute atomic E-state index is 10.5. The van der Waals surface area contributed by atoms with Crippen molar-refractivity contribution in [2.75, 3.05) is 0 Å². The third-order valence-corrected chi connectivity index (χ3v) is 1.59. The van der Waals surface area contributed by atoms with Crippen LogP contribution in [0.5, 0.6) is 0 Å². The topological polar surface area (TPSA) is 29.5 Å². The van der Waals surface area contributed by atoms with Gasteiger partial charge in [0.25, 0.3) is 0 Å².